The van der Waals surface area contributed by atoms with Gasteiger partial charge in [-0.05, 0) is 61.1 Å². The minimum absolute atomic E-state index is 0.178. The first-order chi connectivity index (χ1) is 19.7. The third-order valence-electron chi connectivity index (χ3n) is 6.90. The summed E-state index contributed by atoms with van der Waals surface area (Å²) in [5, 5.41) is 4.44. The zero-order valence-electron chi connectivity index (χ0n) is 22.3. The highest BCUT2D eigenvalue weighted by Gasteiger charge is 2.27. The summed E-state index contributed by atoms with van der Waals surface area (Å²) in [6.07, 6.45) is 0. The first kappa shape index (κ1) is 28.3. The van der Waals surface area contributed by atoms with Gasteiger partial charge in [0, 0.05) is 43.9 Å². The highest BCUT2D eigenvalue weighted by atomic mass is 35.5. The van der Waals surface area contributed by atoms with Crippen LogP contribution in [0.3, 0.4) is 0 Å². The molecule has 0 spiro atoms. The second-order valence-electron chi connectivity index (χ2n) is 9.49. The highest BCUT2D eigenvalue weighted by molar-refractivity contribution is 7.80. The summed E-state index contributed by atoms with van der Waals surface area (Å²) in [6.45, 7) is 3.96. The second-order valence-corrected chi connectivity index (χ2v) is 10.3. The number of hydrogen-bond donors (Lipinski definition) is 1. The Morgan fingerprint density at radius 2 is 1.76 bits per heavy atom. The fraction of sp³-hybridized carbons (Fsp3) is 0.286. The van der Waals surface area contributed by atoms with Crippen LogP contribution in [-0.4, -0.2) is 54.9 Å². The number of aryl methyl sites for hydroxylation is 1. The molecule has 4 aromatic rings. The van der Waals surface area contributed by atoms with Crippen molar-refractivity contribution in [3.8, 4) is 11.8 Å². The molecule has 1 aliphatic rings. The molecule has 1 fully saturated rings. The molecule has 41 heavy (non-hydrogen) atoms. The lowest BCUT2D eigenvalue weighted by molar-refractivity contribution is 0.386. The van der Waals surface area contributed by atoms with E-state index in [0.29, 0.717) is 42.3 Å². The SMILES string of the molecule is CC#CCn1c(N2CCN(C(=S)Nc3ccc(Cl)cc3)CC2)nc2c1c(=O)n(Cc1ccc(F)c(F)c1)c(=O)n2C. The highest BCUT2D eigenvalue weighted by Crippen LogP contribution is 2.22. The van der Waals surface area contributed by atoms with Gasteiger partial charge in [0.1, 0.15) is 0 Å². The largest absolute Gasteiger partial charge is 0.345 e. The van der Waals surface area contributed by atoms with Gasteiger partial charge in [0.15, 0.2) is 27.9 Å². The van der Waals surface area contributed by atoms with Gasteiger partial charge in [0.2, 0.25) is 5.95 Å². The number of rotatable bonds is 5. The summed E-state index contributed by atoms with van der Waals surface area (Å²) in [5.41, 5.74) is 0.334. The molecule has 0 saturated carbocycles. The molecule has 0 aliphatic carbocycles. The zero-order valence-corrected chi connectivity index (χ0v) is 23.9. The first-order valence-electron chi connectivity index (χ1n) is 12.8. The van der Waals surface area contributed by atoms with Gasteiger partial charge in [0.25, 0.3) is 5.56 Å². The lowest BCUT2D eigenvalue weighted by Crippen LogP contribution is -2.50. The molecule has 2 aromatic heterocycles. The molecule has 3 heterocycles. The summed E-state index contributed by atoms with van der Waals surface area (Å²) < 4.78 is 31.3. The fourth-order valence-corrected chi connectivity index (χ4v) is 5.14. The summed E-state index contributed by atoms with van der Waals surface area (Å²) in [7, 11) is 1.53. The van der Waals surface area contributed by atoms with Gasteiger partial charge in [-0.2, -0.15) is 4.98 Å². The van der Waals surface area contributed by atoms with Crippen molar-refractivity contribution in [2.75, 3.05) is 36.4 Å². The minimum Gasteiger partial charge on any atom is -0.345 e. The Balaban J connectivity index is 1.45. The number of halogens is 3. The van der Waals surface area contributed by atoms with Gasteiger partial charge in [0.05, 0.1) is 13.1 Å². The molecule has 0 bridgehead atoms. The summed E-state index contributed by atoms with van der Waals surface area (Å²) in [4.78, 5) is 35.7. The number of fused-ring (bicyclic) bond motifs is 1. The van der Waals surface area contributed by atoms with Crippen LogP contribution >= 0.6 is 23.8 Å². The Labute approximate surface area is 244 Å². The fourth-order valence-electron chi connectivity index (χ4n) is 4.71. The molecule has 2 aromatic carbocycles. The van der Waals surface area contributed by atoms with Gasteiger partial charge in [-0.3, -0.25) is 18.5 Å². The van der Waals surface area contributed by atoms with E-state index >= 15 is 0 Å². The summed E-state index contributed by atoms with van der Waals surface area (Å²) >= 11 is 11.6. The topological polar surface area (TPSA) is 80.3 Å². The number of aromatic nitrogens is 4. The second kappa shape index (κ2) is 11.7. The van der Waals surface area contributed by atoms with Gasteiger partial charge in [-0.1, -0.05) is 23.6 Å². The minimum atomic E-state index is -1.05. The first-order valence-corrected chi connectivity index (χ1v) is 13.6. The average Bonchev–Trinajstić information content (AvgIpc) is 3.36. The molecular formula is C28H26ClF2N7O2S. The van der Waals surface area contributed by atoms with Crippen LogP contribution < -0.4 is 21.5 Å². The van der Waals surface area contributed by atoms with Crippen LogP contribution in [0.4, 0.5) is 20.4 Å². The Kier molecular flexibility index (Phi) is 8.10. The van der Waals surface area contributed by atoms with Gasteiger partial charge in [-0.25, -0.2) is 13.6 Å². The number of hydrogen-bond acceptors (Lipinski definition) is 5. The molecule has 13 heteroatoms. The van der Waals surface area contributed by atoms with Crippen molar-refractivity contribution >= 4 is 51.7 Å². The Bertz CT molecular complexity index is 1810. The zero-order chi connectivity index (χ0) is 29.3. The molecule has 0 radical (unpaired) electrons. The van der Waals surface area contributed by atoms with Crippen LogP contribution in [0.2, 0.25) is 5.02 Å². The molecule has 1 aliphatic heterocycles. The van der Waals surface area contributed by atoms with Crippen molar-refractivity contribution in [1.82, 2.24) is 23.6 Å². The Morgan fingerprint density at radius 3 is 2.41 bits per heavy atom. The average molecular weight is 598 g/mol. The molecule has 1 saturated heterocycles. The molecule has 9 nitrogen and oxygen atoms in total. The molecule has 1 N–H and O–H groups in total. The Morgan fingerprint density at radius 1 is 1.05 bits per heavy atom. The van der Waals surface area contributed by atoms with Crippen LogP contribution in [0.5, 0.6) is 0 Å². The lowest BCUT2D eigenvalue weighted by atomic mass is 10.2. The maximum atomic E-state index is 13.8. The van der Waals surface area contributed by atoms with Crippen molar-refractivity contribution in [3.05, 3.63) is 85.5 Å². The maximum Gasteiger partial charge on any atom is 0.332 e. The molecular weight excluding hydrogens is 572 g/mol. The standard InChI is InChI=1S/C28H26ClF2N7O2S/c1-3-4-11-37-23-24(34(2)28(40)38(25(23)39)17-18-5-10-21(30)22(31)16-18)33-26(37)35-12-14-36(15-13-35)27(41)32-20-8-6-19(29)7-9-20/h5-10,16H,11-15,17H2,1-2H3,(H,32,41). The number of benzene rings is 2. The van der Waals surface area contributed by atoms with E-state index in [4.69, 9.17) is 28.8 Å². The third-order valence-corrected chi connectivity index (χ3v) is 7.51. The van der Waals surface area contributed by atoms with E-state index in [-0.39, 0.29) is 29.8 Å². The van der Waals surface area contributed by atoms with Crippen molar-refractivity contribution in [3.63, 3.8) is 0 Å². The quantitative estimate of drug-likeness (QED) is 0.279. The summed E-state index contributed by atoms with van der Waals surface area (Å²) in [5.74, 6) is 4.29. The van der Waals surface area contributed by atoms with Crippen LogP contribution in [0.1, 0.15) is 12.5 Å². The van der Waals surface area contributed by atoms with Gasteiger partial charge in [-0.15, -0.1) is 5.92 Å². The number of imidazole rings is 1. The number of thiocarbonyl (C=S) groups is 1. The molecule has 0 unspecified atom stereocenters. The molecule has 0 atom stereocenters. The molecule has 5 rings (SSSR count). The van der Waals surface area contributed by atoms with Crippen LogP contribution in [0.25, 0.3) is 11.2 Å². The number of anilines is 2. The van der Waals surface area contributed by atoms with Crippen LogP contribution in [-0.2, 0) is 20.1 Å². The normalized spacial score (nSPS) is 13.3. The maximum absolute atomic E-state index is 13.8. The van der Waals surface area contributed by atoms with E-state index in [2.05, 4.69) is 17.2 Å². The van der Waals surface area contributed by atoms with Crippen LogP contribution in [0, 0.1) is 23.5 Å². The van der Waals surface area contributed by atoms with E-state index in [1.807, 2.05) is 21.9 Å². The van der Waals surface area contributed by atoms with E-state index in [1.54, 1.807) is 23.6 Å². The van der Waals surface area contributed by atoms with Crippen molar-refractivity contribution in [1.29, 1.82) is 0 Å². The van der Waals surface area contributed by atoms with E-state index in [9.17, 15) is 18.4 Å². The van der Waals surface area contributed by atoms with Crippen molar-refractivity contribution in [2.24, 2.45) is 7.05 Å². The lowest BCUT2D eigenvalue weighted by Gasteiger charge is -2.36. The van der Waals surface area contributed by atoms with Gasteiger partial charge < -0.3 is 15.1 Å². The molecule has 212 valence electrons. The number of piperazine rings is 1. The smallest absolute Gasteiger partial charge is 0.332 e. The Hall–Kier alpha value is -4.21. The summed E-state index contributed by atoms with van der Waals surface area (Å²) in [6, 6.07) is 10.6. The number of nitrogens with zero attached hydrogens (tertiary/aromatic N) is 6. The molecule has 0 amide bonds. The van der Waals surface area contributed by atoms with Gasteiger partial charge >= 0.3 is 5.69 Å². The van der Waals surface area contributed by atoms with Crippen molar-refractivity contribution in [2.45, 2.75) is 20.0 Å². The van der Waals surface area contributed by atoms with E-state index < -0.39 is 22.9 Å². The monoisotopic (exact) mass is 597 g/mol. The number of nitrogens with one attached hydrogen (secondary N) is 1. The van der Waals surface area contributed by atoms with E-state index in [0.717, 1.165) is 22.4 Å². The predicted molar refractivity (Wildman–Crippen MR) is 160 cm³/mol. The van der Waals surface area contributed by atoms with Crippen LogP contribution in [0.15, 0.2) is 52.1 Å². The van der Waals surface area contributed by atoms with Crippen molar-refractivity contribution < 1.29 is 8.78 Å². The predicted octanol–water partition coefficient (Wildman–Crippen LogP) is 3.42. The third kappa shape index (κ3) is 5.68. The van der Waals surface area contributed by atoms with E-state index in [1.165, 1.54) is 17.7 Å².